The molecule has 1 aliphatic heterocycles. The summed E-state index contributed by atoms with van der Waals surface area (Å²) in [6.45, 7) is 6.18. The second-order valence-corrected chi connectivity index (χ2v) is 9.51. The van der Waals surface area contributed by atoms with E-state index in [2.05, 4.69) is 18.4 Å². The van der Waals surface area contributed by atoms with Crippen LogP contribution in [0.4, 0.5) is 0 Å². The summed E-state index contributed by atoms with van der Waals surface area (Å²) in [6.07, 6.45) is 4.85. The second-order valence-electron chi connectivity index (χ2n) is 7.64. The maximum Gasteiger partial charge on any atom is 0.264 e. The Morgan fingerprint density at radius 3 is 2.28 bits per heavy atom. The van der Waals surface area contributed by atoms with Crippen LogP contribution in [0, 0.1) is 18.8 Å². The van der Waals surface area contributed by atoms with Gasteiger partial charge in [0, 0.05) is 18.2 Å². The summed E-state index contributed by atoms with van der Waals surface area (Å²) in [5.41, 5.74) is 3.21. The molecule has 0 spiro atoms. The van der Waals surface area contributed by atoms with E-state index in [9.17, 15) is 8.42 Å². The number of aryl methyl sites for hydroxylation is 1. The molecule has 0 N–H and O–H groups in total. The molecular weight excluding hydrogens is 422 g/mol. The third-order valence-electron chi connectivity index (χ3n) is 5.35. The fourth-order valence-corrected chi connectivity index (χ4v) is 5.13. The molecule has 0 fully saturated rings. The number of rotatable bonds is 6. The Bertz CT molecular complexity index is 1150. The molecule has 3 rings (SSSR count). The summed E-state index contributed by atoms with van der Waals surface area (Å²) in [5.74, 6) is 7.55. The van der Waals surface area contributed by atoms with E-state index in [1.807, 2.05) is 19.1 Å². The van der Waals surface area contributed by atoms with Gasteiger partial charge in [-0.2, -0.15) is 0 Å². The van der Waals surface area contributed by atoms with Crippen molar-refractivity contribution in [1.29, 1.82) is 0 Å². The van der Waals surface area contributed by atoms with Crippen LogP contribution in [0.5, 0.6) is 11.5 Å². The molecule has 0 saturated heterocycles. The molecular formula is C26H29NO4S. The van der Waals surface area contributed by atoms with Gasteiger partial charge in [-0.05, 0) is 68.4 Å². The lowest BCUT2D eigenvalue weighted by Crippen LogP contribution is -2.31. The summed E-state index contributed by atoms with van der Waals surface area (Å²) < 4.78 is 39.3. The maximum absolute atomic E-state index is 13.6. The molecule has 0 aliphatic carbocycles. The van der Waals surface area contributed by atoms with E-state index in [4.69, 9.17) is 9.47 Å². The number of hydrogen-bond donors (Lipinski definition) is 0. The molecule has 2 aromatic rings. The van der Waals surface area contributed by atoms with Crippen molar-refractivity contribution < 1.29 is 17.9 Å². The smallest absolute Gasteiger partial charge is 0.264 e. The summed E-state index contributed by atoms with van der Waals surface area (Å²) in [7, 11) is -0.581. The Morgan fingerprint density at radius 2 is 1.69 bits per heavy atom. The topological polar surface area (TPSA) is 55.8 Å². The summed E-state index contributed by atoms with van der Waals surface area (Å²) in [5, 5.41) is 0. The molecule has 0 radical (unpaired) electrons. The third kappa shape index (κ3) is 5.35. The fraction of sp³-hybridized carbons (Fsp3) is 0.308. The van der Waals surface area contributed by atoms with Crippen molar-refractivity contribution in [3.8, 4) is 23.3 Å². The number of methoxy groups -OCH3 is 2. The van der Waals surface area contributed by atoms with Gasteiger partial charge in [0.2, 0.25) is 0 Å². The minimum Gasteiger partial charge on any atom is -0.497 e. The molecule has 6 heteroatoms. The summed E-state index contributed by atoms with van der Waals surface area (Å²) in [4.78, 5) is 0.269. The highest BCUT2D eigenvalue weighted by Gasteiger charge is 2.29. The van der Waals surface area contributed by atoms with E-state index in [1.54, 1.807) is 50.6 Å². The van der Waals surface area contributed by atoms with E-state index in [1.165, 1.54) is 4.31 Å². The molecule has 0 saturated carbocycles. The molecule has 168 valence electrons. The molecule has 0 amide bonds. The number of allylic oxidation sites excluding steroid dienone is 3. The van der Waals surface area contributed by atoms with Gasteiger partial charge >= 0.3 is 0 Å². The van der Waals surface area contributed by atoms with Gasteiger partial charge in [-0.1, -0.05) is 29.7 Å². The summed E-state index contributed by atoms with van der Waals surface area (Å²) in [6, 6.07) is 12.3. The number of benzene rings is 2. The van der Waals surface area contributed by atoms with Gasteiger partial charge in [-0.25, -0.2) is 8.42 Å². The van der Waals surface area contributed by atoms with Crippen molar-refractivity contribution in [3.05, 3.63) is 77.5 Å². The predicted octanol–water partition coefficient (Wildman–Crippen LogP) is 5.07. The Morgan fingerprint density at radius 1 is 1.03 bits per heavy atom. The number of hydrogen-bond acceptors (Lipinski definition) is 4. The molecule has 1 aliphatic rings. The lowest BCUT2D eigenvalue weighted by atomic mass is 10.0. The van der Waals surface area contributed by atoms with Gasteiger partial charge < -0.3 is 9.47 Å². The van der Waals surface area contributed by atoms with Gasteiger partial charge in [0.05, 0.1) is 19.1 Å². The molecule has 32 heavy (non-hydrogen) atoms. The molecule has 0 atom stereocenters. The minimum absolute atomic E-state index is 0.269. The Labute approximate surface area is 191 Å². The number of sulfonamides is 1. The van der Waals surface area contributed by atoms with Crippen LogP contribution in [-0.2, 0) is 10.0 Å². The normalized spacial score (nSPS) is 14.3. The number of nitrogens with zero attached hydrogens (tertiary/aromatic N) is 1. The van der Waals surface area contributed by atoms with Crippen molar-refractivity contribution >= 4 is 10.0 Å². The minimum atomic E-state index is -3.74. The van der Waals surface area contributed by atoms with Crippen LogP contribution in [0.3, 0.4) is 0 Å². The molecule has 1 heterocycles. The molecule has 5 nitrogen and oxygen atoms in total. The zero-order chi connectivity index (χ0) is 23.1. The lowest BCUT2D eigenvalue weighted by Gasteiger charge is -2.24. The van der Waals surface area contributed by atoms with Crippen LogP contribution in [0.1, 0.15) is 36.8 Å². The van der Waals surface area contributed by atoms with Gasteiger partial charge in [0.15, 0.2) is 0 Å². The monoisotopic (exact) mass is 451 g/mol. The molecule has 0 unspecified atom stereocenters. The van der Waals surface area contributed by atoms with Crippen LogP contribution >= 0.6 is 0 Å². The molecule has 0 bridgehead atoms. The largest absolute Gasteiger partial charge is 0.497 e. The zero-order valence-corrected chi connectivity index (χ0v) is 19.7. The van der Waals surface area contributed by atoms with Crippen LogP contribution in [-0.4, -0.2) is 33.5 Å². The highest BCUT2D eigenvalue weighted by Crippen LogP contribution is 2.30. The van der Waals surface area contributed by atoms with Gasteiger partial charge in [0.25, 0.3) is 10.0 Å². The third-order valence-corrected chi connectivity index (χ3v) is 7.16. The van der Waals surface area contributed by atoms with Crippen molar-refractivity contribution in [1.82, 2.24) is 4.31 Å². The highest BCUT2D eigenvalue weighted by atomic mass is 32.2. The first-order valence-corrected chi connectivity index (χ1v) is 12.0. The maximum atomic E-state index is 13.6. The standard InChI is InChI=1S/C26H29NO4S/c1-5-8-22-9-6-7-16-27(32(28,29)25-13-10-20(2)11-14-25)26(22)15-12-21-17-23(30-3)19-24(18-21)31-4/h5,10-11,13-14,17-19H,1,6-9,16H2,2-4H3. The van der Waals surface area contributed by atoms with E-state index < -0.39 is 10.0 Å². The highest BCUT2D eigenvalue weighted by molar-refractivity contribution is 7.89. The lowest BCUT2D eigenvalue weighted by molar-refractivity contribution is 0.394. The SMILES string of the molecule is C=CCC1=C(C#Cc2cc(OC)cc(OC)c2)N(S(=O)(=O)c2ccc(C)cc2)CCCC1. The van der Waals surface area contributed by atoms with Crippen LogP contribution in [0.25, 0.3) is 0 Å². The summed E-state index contributed by atoms with van der Waals surface area (Å²) >= 11 is 0. The number of ether oxygens (including phenoxy) is 2. The van der Waals surface area contributed by atoms with E-state index in [-0.39, 0.29) is 4.90 Å². The Hall–Kier alpha value is -3.17. The second kappa shape index (κ2) is 10.4. The predicted molar refractivity (Wildman–Crippen MR) is 127 cm³/mol. The van der Waals surface area contributed by atoms with Crippen molar-refractivity contribution in [2.24, 2.45) is 0 Å². The van der Waals surface area contributed by atoms with Crippen molar-refractivity contribution in [2.75, 3.05) is 20.8 Å². The van der Waals surface area contributed by atoms with E-state index >= 15 is 0 Å². The van der Waals surface area contributed by atoms with Crippen molar-refractivity contribution in [2.45, 2.75) is 37.5 Å². The van der Waals surface area contributed by atoms with Gasteiger partial charge in [0.1, 0.15) is 17.2 Å². The Balaban J connectivity index is 2.12. The van der Waals surface area contributed by atoms with Crippen LogP contribution in [0.15, 0.2) is 71.3 Å². The quantitative estimate of drug-likeness (QED) is 0.455. The van der Waals surface area contributed by atoms with E-state index in [0.29, 0.717) is 35.7 Å². The Kier molecular flexibility index (Phi) is 7.66. The van der Waals surface area contributed by atoms with Gasteiger partial charge in [-0.3, -0.25) is 4.31 Å². The zero-order valence-electron chi connectivity index (χ0n) is 18.8. The first-order chi connectivity index (χ1) is 15.4. The van der Waals surface area contributed by atoms with Crippen LogP contribution in [0.2, 0.25) is 0 Å². The van der Waals surface area contributed by atoms with E-state index in [0.717, 1.165) is 30.4 Å². The first-order valence-electron chi connectivity index (χ1n) is 10.6. The first kappa shape index (κ1) is 23.5. The average Bonchev–Trinajstić information content (AvgIpc) is 3.00. The fourth-order valence-electron chi connectivity index (χ4n) is 3.61. The van der Waals surface area contributed by atoms with Gasteiger partial charge in [-0.15, -0.1) is 6.58 Å². The van der Waals surface area contributed by atoms with Crippen molar-refractivity contribution in [3.63, 3.8) is 0 Å². The molecule has 0 aromatic heterocycles. The molecule has 2 aromatic carbocycles. The van der Waals surface area contributed by atoms with Crippen LogP contribution < -0.4 is 9.47 Å². The average molecular weight is 452 g/mol.